The average Bonchev–Trinajstić information content (AvgIpc) is 2.47. The summed E-state index contributed by atoms with van der Waals surface area (Å²) in [5.74, 6) is 0.251. The van der Waals surface area contributed by atoms with Crippen molar-refractivity contribution in [2.75, 3.05) is 0 Å². The van der Waals surface area contributed by atoms with Gasteiger partial charge in [0, 0.05) is 16.1 Å². The number of fused-ring (bicyclic) bond motifs is 1. The van der Waals surface area contributed by atoms with Crippen LogP contribution in [0.3, 0.4) is 0 Å². The Morgan fingerprint density at radius 2 is 2.00 bits per heavy atom. The zero-order chi connectivity index (χ0) is 14.8. The zero-order valence-electron chi connectivity index (χ0n) is 10.8. The quantitative estimate of drug-likeness (QED) is 0.761. The molecular weight excluding hydrogens is 334 g/mol. The smallest absolute Gasteiger partial charge is 0.336 e. The van der Waals surface area contributed by atoms with Crippen LogP contribution in [0.4, 0.5) is 0 Å². The molecule has 0 amide bonds. The van der Waals surface area contributed by atoms with Crippen molar-refractivity contribution in [3.63, 3.8) is 0 Å². The number of hydrogen-bond acceptors (Lipinski definition) is 3. The second-order valence-electron chi connectivity index (χ2n) is 4.38. The van der Waals surface area contributed by atoms with E-state index in [0.29, 0.717) is 16.0 Å². The number of rotatable bonds is 3. The van der Waals surface area contributed by atoms with E-state index in [1.165, 1.54) is 6.07 Å². The topological polar surface area (TPSA) is 59.4 Å². The van der Waals surface area contributed by atoms with Crippen molar-refractivity contribution in [2.45, 2.75) is 0 Å². The van der Waals surface area contributed by atoms with Gasteiger partial charge in [0.15, 0.2) is 0 Å². The molecule has 0 atom stereocenters. The first-order valence-electron chi connectivity index (χ1n) is 6.19. The Morgan fingerprint density at radius 3 is 2.76 bits per heavy atom. The van der Waals surface area contributed by atoms with Gasteiger partial charge in [0.1, 0.15) is 11.5 Å². The van der Waals surface area contributed by atoms with Crippen LogP contribution in [0.5, 0.6) is 11.5 Å². The Morgan fingerprint density at radius 1 is 1.14 bits per heavy atom. The Kier molecular flexibility index (Phi) is 3.58. The number of pyridine rings is 1. The molecule has 104 valence electrons. The van der Waals surface area contributed by atoms with Crippen molar-refractivity contribution in [2.24, 2.45) is 0 Å². The lowest BCUT2D eigenvalue weighted by Gasteiger charge is -2.09. The summed E-state index contributed by atoms with van der Waals surface area (Å²) in [5, 5.41) is 9.91. The highest BCUT2D eigenvalue weighted by molar-refractivity contribution is 9.10. The molecule has 4 nitrogen and oxygen atoms in total. The Hall–Kier alpha value is -2.40. The van der Waals surface area contributed by atoms with Crippen molar-refractivity contribution in [1.82, 2.24) is 4.98 Å². The van der Waals surface area contributed by atoms with Crippen LogP contribution < -0.4 is 4.74 Å². The van der Waals surface area contributed by atoms with Crippen LogP contribution in [0.25, 0.3) is 10.9 Å². The van der Waals surface area contributed by atoms with Gasteiger partial charge < -0.3 is 9.84 Å². The van der Waals surface area contributed by atoms with Gasteiger partial charge >= 0.3 is 5.97 Å². The third-order valence-electron chi connectivity index (χ3n) is 3.00. The largest absolute Gasteiger partial charge is 0.478 e. The molecule has 0 aliphatic carbocycles. The van der Waals surface area contributed by atoms with E-state index in [1.807, 2.05) is 30.3 Å². The highest BCUT2D eigenvalue weighted by atomic mass is 79.9. The number of carboxylic acids is 1. The molecule has 1 aromatic heterocycles. The SMILES string of the molecule is O=C(O)c1ccc(Oc2cccc3ncccc23)cc1Br. The van der Waals surface area contributed by atoms with E-state index in [-0.39, 0.29) is 5.56 Å². The van der Waals surface area contributed by atoms with E-state index in [2.05, 4.69) is 20.9 Å². The molecular formula is C16H10BrNO3. The van der Waals surface area contributed by atoms with E-state index in [4.69, 9.17) is 9.84 Å². The fourth-order valence-corrected chi connectivity index (χ4v) is 2.55. The third kappa shape index (κ3) is 2.73. The molecule has 5 heteroatoms. The summed E-state index contributed by atoms with van der Waals surface area (Å²) < 4.78 is 6.32. The highest BCUT2D eigenvalue weighted by Crippen LogP contribution is 2.31. The van der Waals surface area contributed by atoms with Crippen LogP contribution in [0.15, 0.2) is 59.2 Å². The normalized spacial score (nSPS) is 10.5. The van der Waals surface area contributed by atoms with Crippen molar-refractivity contribution in [1.29, 1.82) is 0 Å². The van der Waals surface area contributed by atoms with Crippen LogP contribution in [0.1, 0.15) is 10.4 Å². The van der Waals surface area contributed by atoms with Crippen molar-refractivity contribution < 1.29 is 14.6 Å². The van der Waals surface area contributed by atoms with Crippen LogP contribution in [-0.2, 0) is 0 Å². The molecule has 0 aliphatic rings. The number of ether oxygens (including phenoxy) is 1. The van der Waals surface area contributed by atoms with Gasteiger partial charge in [-0.2, -0.15) is 0 Å². The van der Waals surface area contributed by atoms with Gasteiger partial charge in [0.05, 0.1) is 11.1 Å². The van der Waals surface area contributed by atoms with Crippen molar-refractivity contribution in [3.05, 3.63) is 64.8 Å². The van der Waals surface area contributed by atoms with Gasteiger partial charge in [0.25, 0.3) is 0 Å². The van der Waals surface area contributed by atoms with Gasteiger partial charge in [0.2, 0.25) is 0 Å². The number of carbonyl (C=O) groups is 1. The van der Waals surface area contributed by atoms with Gasteiger partial charge in [-0.3, -0.25) is 4.98 Å². The number of nitrogens with zero attached hydrogens (tertiary/aromatic N) is 1. The van der Waals surface area contributed by atoms with E-state index in [1.54, 1.807) is 18.3 Å². The van der Waals surface area contributed by atoms with Crippen molar-refractivity contribution in [3.8, 4) is 11.5 Å². The number of aromatic nitrogens is 1. The number of carboxylic acid groups (broad SMARTS) is 1. The second-order valence-corrected chi connectivity index (χ2v) is 5.23. The van der Waals surface area contributed by atoms with Crippen LogP contribution in [0, 0.1) is 0 Å². The molecule has 0 bridgehead atoms. The average molecular weight is 344 g/mol. The number of aromatic carboxylic acids is 1. The lowest BCUT2D eigenvalue weighted by atomic mass is 10.2. The minimum absolute atomic E-state index is 0.196. The monoisotopic (exact) mass is 343 g/mol. The minimum atomic E-state index is -0.984. The summed E-state index contributed by atoms with van der Waals surface area (Å²) in [7, 11) is 0. The van der Waals surface area contributed by atoms with Crippen LogP contribution >= 0.6 is 15.9 Å². The Labute approximate surface area is 129 Å². The summed E-state index contributed by atoms with van der Waals surface area (Å²) in [6.45, 7) is 0. The zero-order valence-corrected chi connectivity index (χ0v) is 12.4. The fraction of sp³-hybridized carbons (Fsp3) is 0. The van der Waals surface area contributed by atoms with Gasteiger partial charge in [-0.15, -0.1) is 0 Å². The number of hydrogen-bond donors (Lipinski definition) is 1. The van der Waals surface area contributed by atoms with Gasteiger partial charge in [-0.05, 0) is 58.4 Å². The molecule has 0 spiro atoms. The van der Waals surface area contributed by atoms with E-state index >= 15 is 0 Å². The first-order valence-corrected chi connectivity index (χ1v) is 6.99. The molecule has 0 aliphatic heterocycles. The van der Waals surface area contributed by atoms with Crippen molar-refractivity contribution >= 4 is 32.8 Å². The van der Waals surface area contributed by atoms with E-state index in [9.17, 15) is 4.79 Å². The molecule has 0 saturated heterocycles. The van der Waals surface area contributed by atoms with E-state index < -0.39 is 5.97 Å². The first-order chi connectivity index (χ1) is 10.1. The molecule has 21 heavy (non-hydrogen) atoms. The maximum absolute atomic E-state index is 11.0. The van der Waals surface area contributed by atoms with Crippen LogP contribution in [-0.4, -0.2) is 16.1 Å². The Balaban J connectivity index is 1.99. The molecule has 3 rings (SSSR count). The van der Waals surface area contributed by atoms with Gasteiger partial charge in [-0.1, -0.05) is 6.07 Å². The third-order valence-corrected chi connectivity index (χ3v) is 3.66. The molecule has 0 radical (unpaired) electrons. The Bertz CT molecular complexity index is 827. The summed E-state index contributed by atoms with van der Waals surface area (Å²) in [5.41, 5.74) is 1.04. The molecule has 1 heterocycles. The fourth-order valence-electron chi connectivity index (χ4n) is 2.02. The number of benzene rings is 2. The lowest BCUT2D eigenvalue weighted by Crippen LogP contribution is -1.97. The van der Waals surface area contributed by atoms with Gasteiger partial charge in [-0.25, -0.2) is 4.79 Å². The summed E-state index contributed by atoms with van der Waals surface area (Å²) >= 11 is 3.24. The maximum Gasteiger partial charge on any atom is 0.336 e. The summed E-state index contributed by atoms with van der Waals surface area (Å²) in [6.07, 6.45) is 1.73. The molecule has 0 unspecified atom stereocenters. The molecule has 0 fully saturated rings. The van der Waals surface area contributed by atoms with Crippen LogP contribution in [0.2, 0.25) is 0 Å². The molecule has 0 saturated carbocycles. The molecule has 1 N–H and O–H groups in total. The standard InChI is InChI=1S/C16H10BrNO3/c17-13-9-10(6-7-11(13)16(19)20)21-15-5-1-4-14-12(15)3-2-8-18-14/h1-9H,(H,19,20). The number of halogens is 1. The first kappa shape index (κ1) is 13.6. The predicted molar refractivity (Wildman–Crippen MR) is 82.9 cm³/mol. The lowest BCUT2D eigenvalue weighted by molar-refractivity contribution is 0.0696. The predicted octanol–water partition coefficient (Wildman–Crippen LogP) is 4.49. The minimum Gasteiger partial charge on any atom is -0.478 e. The maximum atomic E-state index is 11.0. The summed E-state index contributed by atoms with van der Waals surface area (Å²) in [4.78, 5) is 15.3. The molecule has 3 aromatic rings. The highest BCUT2D eigenvalue weighted by Gasteiger charge is 2.10. The molecule has 2 aromatic carbocycles. The second kappa shape index (κ2) is 5.54. The summed E-state index contributed by atoms with van der Waals surface area (Å²) in [6, 6.07) is 14.2. The van der Waals surface area contributed by atoms with E-state index in [0.717, 1.165) is 10.9 Å².